The molecule has 6 heteroatoms. The summed E-state index contributed by atoms with van der Waals surface area (Å²) in [6, 6.07) is 3.10. The Labute approximate surface area is 115 Å². The maximum absolute atomic E-state index is 12.3. The van der Waals surface area contributed by atoms with E-state index in [1.165, 1.54) is 7.11 Å². The van der Waals surface area contributed by atoms with Crippen LogP contribution in [-0.4, -0.2) is 44.2 Å². The molecule has 0 atom stereocenters. The number of nitrogens with zero attached hydrogens (tertiary/aromatic N) is 1. The van der Waals surface area contributed by atoms with E-state index < -0.39 is 0 Å². The normalized spacial score (nSPS) is 15.6. The maximum atomic E-state index is 12.3. The Morgan fingerprint density at radius 3 is 2.56 bits per heavy atom. The molecule has 0 spiro atoms. The fourth-order valence-corrected chi connectivity index (χ4v) is 2.26. The summed E-state index contributed by atoms with van der Waals surface area (Å²) in [5, 5.41) is 0.714. The van der Waals surface area contributed by atoms with Crippen LogP contribution in [0.5, 0.6) is 5.75 Å². The summed E-state index contributed by atoms with van der Waals surface area (Å²) in [6.45, 7) is 2.23. The number of hydrogen-bond acceptors (Lipinski definition) is 3. The fraction of sp³-hybridized carbons (Fsp3) is 0.417. The van der Waals surface area contributed by atoms with Gasteiger partial charge in [-0.05, 0) is 6.07 Å². The van der Waals surface area contributed by atoms with Crippen LogP contribution in [0, 0.1) is 0 Å². The molecule has 0 unspecified atom stereocenters. The Kier molecular flexibility index (Phi) is 4.32. The number of ether oxygens (including phenoxy) is 2. The number of methoxy groups -OCH3 is 1. The SMILES string of the molecule is COc1cc(Cl)c(C(=O)N2CCOCC2)cc1Cl. The van der Waals surface area contributed by atoms with E-state index in [1.54, 1.807) is 17.0 Å². The zero-order chi connectivity index (χ0) is 13.1. The van der Waals surface area contributed by atoms with Gasteiger partial charge in [0, 0.05) is 19.2 Å². The lowest BCUT2D eigenvalue weighted by molar-refractivity contribution is 0.0303. The molecule has 0 saturated carbocycles. The summed E-state index contributed by atoms with van der Waals surface area (Å²) >= 11 is 12.1. The van der Waals surface area contributed by atoms with Crippen molar-refractivity contribution in [2.75, 3.05) is 33.4 Å². The Balaban J connectivity index is 2.27. The number of benzene rings is 1. The number of amides is 1. The minimum absolute atomic E-state index is 0.132. The van der Waals surface area contributed by atoms with Crippen molar-refractivity contribution in [1.29, 1.82) is 0 Å². The van der Waals surface area contributed by atoms with E-state index in [0.717, 1.165) is 0 Å². The van der Waals surface area contributed by atoms with Gasteiger partial charge in [-0.2, -0.15) is 0 Å². The third kappa shape index (κ3) is 2.71. The molecule has 1 saturated heterocycles. The summed E-state index contributed by atoms with van der Waals surface area (Å²) < 4.78 is 10.2. The van der Waals surface area contributed by atoms with E-state index >= 15 is 0 Å². The fourth-order valence-electron chi connectivity index (χ4n) is 1.79. The minimum atomic E-state index is -0.132. The number of hydrogen-bond donors (Lipinski definition) is 0. The number of halogens is 2. The van der Waals surface area contributed by atoms with Gasteiger partial charge in [0.2, 0.25) is 0 Å². The van der Waals surface area contributed by atoms with Gasteiger partial charge >= 0.3 is 0 Å². The average molecular weight is 290 g/mol. The Hall–Kier alpha value is -0.970. The van der Waals surface area contributed by atoms with Crippen molar-refractivity contribution in [1.82, 2.24) is 4.90 Å². The molecule has 0 aliphatic carbocycles. The summed E-state index contributed by atoms with van der Waals surface area (Å²) in [7, 11) is 1.50. The predicted molar refractivity (Wildman–Crippen MR) is 69.7 cm³/mol. The van der Waals surface area contributed by atoms with E-state index in [0.29, 0.717) is 47.7 Å². The molecule has 2 rings (SSSR count). The molecule has 1 aliphatic rings. The van der Waals surface area contributed by atoms with Gasteiger partial charge < -0.3 is 14.4 Å². The number of morpholine rings is 1. The van der Waals surface area contributed by atoms with Gasteiger partial charge in [0.1, 0.15) is 5.75 Å². The summed E-state index contributed by atoms with van der Waals surface area (Å²) in [5.41, 5.74) is 0.393. The summed E-state index contributed by atoms with van der Waals surface area (Å²) in [4.78, 5) is 14.0. The molecule has 1 amide bonds. The highest BCUT2D eigenvalue weighted by Gasteiger charge is 2.22. The highest BCUT2D eigenvalue weighted by atomic mass is 35.5. The molecule has 1 heterocycles. The van der Waals surface area contributed by atoms with Crippen molar-refractivity contribution in [3.05, 3.63) is 27.7 Å². The molecule has 1 aromatic rings. The first-order valence-corrected chi connectivity index (χ1v) is 6.29. The van der Waals surface area contributed by atoms with Gasteiger partial charge in [0.05, 0.1) is 35.9 Å². The number of rotatable bonds is 2. The molecular formula is C12H13Cl2NO3. The van der Waals surface area contributed by atoms with Gasteiger partial charge in [-0.15, -0.1) is 0 Å². The van der Waals surface area contributed by atoms with E-state index in [9.17, 15) is 4.79 Å². The molecular weight excluding hydrogens is 277 g/mol. The lowest BCUT2D eigenvalue weighted by atomic mass is 10.1. The van der Waals surface area contributed by atoms with Crippen LogP contribution in [0.3, 0.4) is 0 Å². The van der Waals surface area contributed by atoms with Crippen LogP contribution >= 0.6 is 23.2 Å². The van der Waals surface area contributed by atoms with Crippen molar-refractivity contribution in [2.45, 2.75) is 0 Å². The Morgan fingerprint density at radius 2 is 1.94 bits per heavy atom. The first kappa shape index (κ1) is 13.5. The molecule has 1 aromatic carbocycles. The summed E-state index contributed by atoms with van der Waals surface area (Å²) in [6.07, 6.45) is 0. The quantitative estimate of drug-likeness (QED) is 0.840. The zero-order valence-electron chi connectivity index (χ0n) is 9.91. The van der Waals surface area contributed by atoms with Gasteiger partial charge in [-0.1, -0.05) is 23.2 Å². The lowest BCUT2D eigenvalue weighted by Gasteiger charge is -2.27. The molecule has 0 N–H and O–H groups in total. The van der Waals surface area contributed by atoms with E-state index in [2.05, 4.69) is 0 Å². The average Bonchev–Trinajstić information content (AvgIpc) is 2.41. The first-order chi connectivity index (χ1) is 8.63. The van der Waals surface area contributed by atoms with E-state index in [4.69, 9.17) is 32.7 Å². The van der Waals surface area contributed by atoms with Crippen molar-refractivity contribution < 1.29 is 14.3 Å². The third-order valence-corrected chi connectivity index (χ3v) is 3.38. The van der Waals surface area contributed by atoms with Gasteiger partial charge in [0.15, 0.2) is 0 Å². The molecule has 1 fully saturated rings. The van der Waals surface area contributed by atoms with Crippen LogP contribution in [0.2, 0.25) is 10.0 Å². The van der Waals surface area contributed by atoms with Crippen LogP contribution in [0.15, 0.2) is 12.1 Å². The molecule has 1 aliphatic heterocycles. The predicted octanol–water partition coefficient (Wildman–Crippen LogP) is 2.47. The number of carbonyl (C=O) groups excluding carboxylic acids is 1. The van der Waals surface area contributed by atoms with Gasteiger partial charge in [-0.25, -0.2) is 0 Å². The molecule has 0 aromatic heterocycles. The van der Waals surface area contributed by atoms with Gasteiger partial charge in [0.25, 0.3) is 5.91 Å². The maximum Gasteiger partial charge on any atom is 0.255 e. The largest absolute Gasteiger partial charge is 0.495 e. The number of carbonyl (C=O) groups is 1. The minimum Gasteiger partial charge on any atom is -0.495 e. The molecule has 4 nitrogen and oxygen atoms in total. The van der Waals surface area contributed by atoms with Crippen LogP contribution in [0.1, 0.15) is 10.4 Å². The molecule has 18 heavy (non-hydrogen) atoms. The standard InChI is InChI=1S/C12H13Cl2NO3/c1-17-11-7-9(13)8(6-10(11)14)12(16)15-2-4-18-5-3-15/h6-7H,2-5H2,1H3. The van der Waals surface area contributed by atoms with Crippen LogP contribution in [0.4, 0.5) is 0 Å². The van der Waals surface area contributed by atoms with E-state index in [-0.39, 0.29) is 5.91 Å². The summed E-state index contributed by atoms with van der Waals surface area (Å²) in [5.74, 6) is 0.327. The molecule has 0 bridgehead atoms. The van der Waals surface area contributed by atoms with Gasteiger partial charge in [-0.3, -0.25) is 4.79 Å². The van der Waals surface area contributed by atoms with Crippen molar-refractivity contribution in [3.8, 4) is 5.75 Å². The highest BCUT2D eigenvalue weighted by Crippen LogP contribution is 2.31. The van der Waals surface area contributed by atoms with Crippen LogP contribution in [0.25, 0.3) is 0 Å². The Morgan fingerprint density at radius 1 is 1.28 bits per heavy atom. The monoisotopic (exact) mass is 289 g/mol. The lowest BCUT2D eigenvalue weighted by Crippen LogP contribution is -2.40. The Bertz CT molecular complexity index is 459. The second kappa shape index (κ2) is 5.78. The highest BCUT2D eigenvalue weighted by molar-refractivity contribution is 6.36. The first-order valence-electron chi connectivity index (χ1n) is 5.53. The van der Waals surface area contributed by atoms with Crippen molar-refractivity contribution >= 4 is 29.1 Å². The van der Waals surface area contributed by atoms with Crippen molar-refractivity contribution in [3.63, 3.8) is 0 Å². The second-order valence-corrected chi connectivity index (χ2v) is 4.69. The second-order valence-electron chi connectivity index (χ2n) is 3.87. The van der Waals surface area contributed by atoms with E-state index in [1.807, 2.05) is 0 Å². The van der Waals surface area contributed by atoms with Crippen LogP contribution in [-0.2, 0) is 4.74 Å². The third-order valence-electron chi connectivity index (χ3n) is 2.77. The molecule has 98 valence electrons. The zero-order valence-corrected chi connectivity index (χ0v) is 11.4. The topological polar surface area (TPSA) is 38.8 Å². The smallest absolute Gasteiger partial charge is 0.255 e. The molecule has 0 radical (unpaired) electrons. The van der Waals surface area contributed by atoms with Crippen LogP contribution < -0.4 is 4.74 Å². The van der Waals surface area contributed by atoms with Crippen molar-refractivity contribution in [2.24, 2.45) is 0 Å².